The van der Waals surface area contributed by atoms with Crippen LogP contribution in [-0.4, -0.2) is 27.9 Å². The second kappa shape index (κ2) is 9.44. The molecule has 0 saturated carbocycles. The first-order chi connectivity index (χ1) is 14.5. The summed E-state index contributed by atoms with van der Waals surface area (Å²) < 4.78 is 4.98. The van der Waals surface area contributed by atoms with E-state index in [0.717, 1.165) is 11.3 Å². The van der Waals surface area contributed by atoms with E-state index in [1.165, 1.54) is 31.4 Å². The Morgan fingerprint density at radius 3 is 2.67 bits per heavy atom. The Labute approximate surface area is 172 Å². The molecule has 1 heterocycles. The molecule has 1 aromatic heterocycles. The molecule has 0 unspecified atom stereocenters. The van der Waals surface area contributed by atoms with E-state index >= 15 is 0 Å². The summed E-state index contributed by atoms with van der Waals surface area (Å²) in [5, 5.41) is 23.4. The normalized spacial score (nSPS) is 10.7. The number of carbonyl (C=O) groups is 1. The molecule has 0 saturated heterocycles. The first-order valence-corrected chi connectivity index (χ1v) is 8.98. The lowest BCUT2D eigenvalue weighted by Gasteiger charge is -2.09. The van der Waals surface area contributed by atoms with Crippen LogP contribution in [0.15, 0.2) is 66.9 Å². The molecule has 30 heavy (non-hydrogen) atoms. The zero-order chi connectivity index (χ0) is 21.5. The third-order valence-electron chi connectivity index (χ3n) is 4.30. The number of ketones is 1. The minimum atomic E-state index is -0.538. The van der Waals surface area contributed by atoms with Gasteiger partial charge in [-0.2, -0.15) is 0 Å². The number of aromatic nitrogens is 1. The number of allylic oxidation sites excluding steroid dienone is 1. The van der Waals surface area contributed by atoms with Gasteiger partial charge in [0, 0.05) is 18.0 Å². The second-order valence-corrected chi connectivity index (χ2v) is 6.27. The molecule has 0 amide bonds. The van der Waals surface area contributed by atoms with Crippen molar-refractivity contribution in [1.82, 2.24) is 4.98 Å². The molecule has 0 fully saturated rings. The molecule has 2 N–H and O–H groups in total. The van der Waals surface area contributed by atoms with Crippen LogP contribution in [0.3, 0.4) is 0 Å². The lowest BCUT2D eigenvalue weighted by atomic mass is 10.1. The van der Waals surface area contributed by atoms with Gasteiger partial charge in [-0.05, 0) is 47.5 Å². The van der Waals surface area contributed by atoms with Crippen LogP contribution in [0.2, 0.25) is 0 Å². The van der Waals surface area contributed by atoms with E-state index in [1.54, 1.807) is 48.7 Å². The van der Waals surface area contributed by atoms with Crippen LogP contribution in [-0.2, 0) is 6.61 Å². The molecular formula is C22H19N3O5. The molecule has 0 atom stereocenters. The summed E-state index contributed by atoms with van der Waals surface area (Å²) >= 11 is 0. The van der Waals surface area contributed by atoms with E-state index in [9.17, 15) is 14.9 Å². The predicted octanol–water partition coefficient (Wildman–Crippen LogP) is 4.13. The molecule has 0 aliphatic heterocycles. The number of nitrogens with one attached hydrogen (secondary N) is 1. The van der Waals surface area contributed by atoms with Gasteiger partial charge in [-0.25, -0.2) is 4.98 Å². The number of rotatable bonds is 8. The SMILES string of the molecule is COc1ccc(/C=C/C(=O)c2cccnc2Nc2ccc(CO)cc2)cc1[N+](=O)[O-]. The minimum absolute atomic E-state index is 0.0537. The predicted molar refractivity (Wildman–Crippen MR) is 113 cm³/mol. The van der Waals surface area contributed by atoms with Crippen molar-refractivity contribution in [3.8, 4) is 5.75 Å². The van der Waals surface area contributed by atoms with Gasteiger partial charge in [-0.1, -0.05) is 24.3 Å². The van der Waals surface area contributed by atoms with Gasteiger partial charge in [-0.15, -0.1) is 0 Å². The number of nitro groups is 1. The fourth-order valence-corrected chi connectivity index (χ4v) is 2.75. The van der Waals surface area contributed by atoms with Crippen molar-refractivity contribution in [3.05, 3.63) is 93.7 Å². The Morgan fingerprint density at radius 2 is 2.00 bits per heavy atom. The number of carbonyl (C=O) groups excluding carboxylic acids is 1. The number of aliphatic hydroxyl groups is 1. The van der Waals surface area contributed by atoms with E-state index in [4.69, 9.17) is 9.84 Å². The number of benzene rings is 2. The van der Waals surface area contributed by atoms with Gasteiger partial charge in [0.1, 0.15) is 5.82 Å². The quantitative estimate of drug-likeness (QED) is 0.251. The average molecular weight is 405 g/mol. The van der Waals surface area contributed by atoms with Crippen LogP contribution >= 0.6 is 0 Å². The Bertz CT molecular complexity index is 1090. The topological polar surface area (TPSA) is 115 Å². The molecule has 0 spiro atoms. The van der Waals surface area contributed by atoms with Crippen molar-refractivity contribution in [3.63, 3.8) is 0 Å². The maximum Gasteiger partial charge on any atom is 0.311 e. The van der Waals surface area contributed by atoms with Crippen LogP contribution in [0.5, 0.6) is 5.75 Å². The van der Waals surface area contributed by atoms with Gasteiger partial charge < -0.3 is 15.2 Å². The van der Waals surface area contributed by atoms with E-state index < -0.39 is 4.92 Å². The number of hydrogen-bond acceptors (Lipinski definition) is 7. The third kappa shape index (κ3) is 4.86. The number of aliphatic hydroxyl groups excluding tert-OH is 1. The van der Waals surface area contributed by atoms with Crippen LogP contribution in [0, 0.1) is 10.1 Å². The van der Waals surface area contributed by atoms with Crippen LogP contribution in [0.25, 0.3) is 6.08 Å². The lowest BCUT2D eigenvalue weighted by Crippen LogP contribution is -2.03. The molecule has 0 aliphatic rings. The van der Waals surface area contributed by atoms with E-state index in [-0.39, 0.29) is 23.8 Å². The summed E-state index contributed by atoms with van der Waals surface area (Å²) in [5.74, 6) is 0.218. The van der Waals surface area contributed by atoms with Crippen molar-refractivity contribution in [2.45, 2.75) is 6.61 Å². The number of nitrogens with zero attached hydrogens (tertiary/aromatic N) is 2. The highest BCUT2D eigenvalue weighted by molar-refractivity contribution is 6.10. The number of pyridine rings is 1. The summed E-state index contributed by atoms with van der Waals surface area (Å²) in [7, 11) is 1.36. The van der Waals surface area contributed by atoms with Gasteiger partial charge in [0.05, 0.1) is 24.2 Å². The van der Waals surface area contributed by atoms with Gasteiger partial charge in [0.25, 0.3) is 0 Å². The minimum Gasteiger partial charge on any atom is -0.490 e. The summed E-state index contributed by atoms with van der Waals surface area (Å²) in [6.07, 6.45) is 4.40. The standard InChI is InChI=1S/C22H19N3O5/c1-30-21-11-7-15(13-19(21)25(28)29)6-10-20(27)18-3-2-12-23-22(18)24-17-8-4-16(14-26)5-9-17/h2-13,26H,14H2,1H3,(H,23,24)/b10-6+. The first-order valence-electron chi connectivity index (χ1n) is 8.98. The fourth-order valence-electron chi connectivity index (χ4n) is 2.75. The molecule has 8 nitrogen and oxygen atoms in total. The molecular weight excluding hydrogens is 386 g/mol. The van der Waals surface area contributed by atoms with Gasteiger partial charge in [0.15, 0.2) is 11.5 Å². The van der Waals surface area contributed by atoms with Gasteiger partial charge >= 0.3 is 5.69 Å². The van der Waals surface area contributed by atoms with Crippen molar-refractivity contribution in [2.75, 3.05) is 12.4 Å². The highest BCUT2D eigenvalue weighted by Gasteiger charge is 2.15. The smallest absolute Gasteiger partial charge is 0.311 e. The van der Waals surface area contributed by atoms with Crippen LogP contribution in [0.4, 0.5) is 17.2 Å². The molecule has 0 aliphatic carbocycles. The molecule has 3 rings (SSSR count). The maximum atomic E-state index is 12.7. The summed E-state index contributed by atoms with van der Waals surface area (Å²) in [5.41, 5.74) is 2.16. The van der Waals surface area contributed by atoms with E-state index in [1.807, 2.05) is 0 Å². The number of hydrogen-bond donors (Lipinski definition) is 2. The van der Waals surface area contributed by atoms with Gasteiger partial charge in [-0.3, -0.25) is 14.9 Å². The highest BCUT2D eigenvalue weighted by atomic mass is 16.6. The summed E-state index contributed by atoms with van der Waals surface area (Å²) in [6.45, 7) is -0.0537. The van der Waals surface area contributed by atoms with Crippen molar-refractivity contribution >= 4 is 29.1 Å². The zero-order valence-electron chi connectivity index (χ0n) is 16.1. The molecule has 3 aromatic rings. The van der Waals surface area contributed by atoms with E-state index in [0.29, 0.717) is 16.9 Å². The summed E-state index contributed by atoms with van der Waals surface area (Å²) in [6, 6.07) is 14.8. The van der Waals surface area contributed by atoms with Crippen LogP contribution in [0.1, 0.15) is 21.5 Å². The molecule has 0 radical (unpaired) electrons. The number of nitro benzene ring substituents is 1. The number of ether oxygens (including phenoxy) is 1. The molecule has 0 bridgehead atoms. The fraction of sp³-hybridized carbons (Fsp3) is 0.0909. The van der Waals surface area contributed by atoms with Crippen molar-refractivity contribution in [1.29, 1.82) is 0 Å². The summed E-state index contributed by atoms with van der Waals surface area (Å²) in [4.78, 5) is 27.6. The molecule has 8 heteroatoms. The lowest BCUT2D eigenvalue weighted by molar-refractivity contribution is -0.385. The zero-order valence-corrected chi connectivity index (χ0v) is 16.1. The second-order valence-electron chi connectivity index (χ2n) is 6.27. The van der Waals surface area contributed by atoms with Crippen molar-refractivity contribution < 1.29 is 19.6 Å². The number of methoxy groups -OCH3 is 1. The maximum absolute atomic E-state index is 12.7. The Morgan fingerprint density at radius 1 is 1.23 bits per heavy atom. The third-order valence-corrected chi connectivity index (χ3v) is 4.30. The van der Waals surface area contributed by atoms with E-state index in [2.05, 4.69) is 10.3 Å². The Kier molecular flexibility index (Phi) is 6.51. The van der Waals surface area contributed by atoms with Crippen LogP contribution < -0.4 is 10.1 Å². The highest BCUT2D eigenvalue weighted by Crippen LogP contribution is 2.28. The van der Waals surface area contributed by atoms with Crippen molar-refractivity contribution in [2.24, 2.45) is 0 Å². The monoisotopic (exact) mass is 405 g/mol. The largest absolute Gasteiger partial charge is 0.490 e. The van der Waals surface area contributed by atoms with Gasteiger partial charge in [0.2, 0.25) is 0 Å². The molecule has 152 valence electrons. The molecule has 2 aromatic carbocycles. The average Bonchev–Trinajstić information content (AvgIpc) is 2.78. The number of anilines is 2. The first kappa shape index (κ1) is 20.7. The Balaban J connectivity index is 1.82. The Hall–Kier alpha value is -4.04.